The van der Waals surface area contributed by atoms with Crippen LogP contribution in [0.3, 0.4) is 0 Å². The lowest BCUT2D eigenvalue weighted by Gasteiger charge is -2.31. The van der Waals surface area contributed by atoms with E-state index in [9.17, 15) is 18.0 Å². The number of halogens is 3. The lowest BCUT2D eigenvalue weighted by atomic mass is 9.86. The zero-order valence-corrected chi connectivity index (χ0v) is 7.20. The van der Waals surface area contributed by atoms with Crippen LogP contribution in [0.5, 0.6) is 0 Å². The van der Waals surface area contributed by atoms with Crippen molar-refractivity contribution in [1.82, 2.24) is 5.32 Å². The highest BCUT2D eigenvalue weighted by Crippen LogP contribution is 2.32. The summed E-state index contributed by atoms with van der Waals surface area (Å²) in [5.74, 6) is 0. The van der Waals surface area contributed by atoms with Crippen LogP contribution in [0.15, 0.2) is 0 Å². The summed E-state index contributed by atoms with van der Waals surface area (Å²) in [5, 5.41) is 1.76. The summed E-state index contributed by atoms with van der Waals surface area (Å²) in [7, 11) is 0. The van der Waals surface area contributed by atoms with E-state index in [0.717, 1.165) is 0 Å². The van der Waals surface area contributed by atoms with Crippen molar-refractivity contribution >= 4 is 6.41 Å². The smallest absolute Gasteiger partial charge is 0.347 e. The van der Waals surface area contributed by atoms with E-state index in [1.54, 1.807) is 5.32 Å². The Labute approximate surface area is 69.1 Å². The van der Waals surface area contributed by atoms with E-state index >= 15 is 0 Å². The third-order valence-corrected chi connectivity index (χ3v) is 1.43. The van der Waals surface area contributed by atoms with Crippen molar-refractivity contribution in [1.29, 1.82) is 0 Å². The van der Waals surface area contributed by atoms with Gasteiger partial charge in [-0.1, -0.05) is 20.8 Å². The van der Waals surface area contributed by atoms with Gasteiger partial charge in [0, 0.05) is 0 Å². The van der Waals surface area contributed by atoms with Crippen LogP contribution in [0.25, 0.3) is 0 Å². The Balaban J connectivity index is 4.56. The highest BCUT2D eigenvalue weighted by atomic mass is 19.4. The van der Waals surface area contributed by atoms with Crippen LogP contribution < -0.4 is 5.32 Å². The number of hydrogen-bond donors (Lipinski definition) is 1. The maximum Gasteiger partial charge on any atom is 0.409 e. The molecule has 12 heavy (non-hydrogen) atoms. The van der Waals surface area contributed by atoms with Crippen LogP contribution >= 0.6 is 0 Å². The van der Waals surface area contributed by atoms with Crippen molar-refractivity contribution in [3.63, 3.8) is 0 Å². The fourth-order valence-corrected chi connectivity index (χ4v) is 0.904. The van der Waals surface area contributed by atoms with Crippen molar-refractivity contribution in [3.8, 4) is 0 Å². The van der Waals surface area contributed by atoms with Crippen molar-refractivity contribution in [2.24, 2.45) is 5.41 Å². The van der Waals surface area contributed by atoms with Gasteiger partial charge in [-0.2, -0.15) is 13.2 Å². The highest BCUT2D eigenvalue weighted by Gasteiger charge is 2.46. The highest BCUT2D eigenvalue weighted by molar-refractivity contribution is 5.47. The van der Waals surface area contributed by atoms with Crippen LogP contribution in [0.4, 0.5) is 13.2 Å². The first kappa shape index (κ1) is 11.3. The van der Waals surface area contributed by atoms with Crippen molar-refractivity contribution in [2.75, 3.05) is 0 Å². The lowest BCUT2D eigenvalue weighted by Crippen LogP contribution is -2.50. The van der Waals surface area contributed by atoms with E-state index in [-0.39, 0.29) is 6.41 Å². The summed E-state index contributed by atoms with van der Waals surface area (Å²) >= 11 is 0. The number of rotatable bonds is 2. The molecule has 0 bridgehead atoms. The largest absolute Gasteiger partial charge is 0.409 e. The molecule has 0 unspecified atom stereocenters. The first-order valence-electron chi connectivity index (χ1n) is 3.46. The van der Waals surface area contributed by atoms with Gasteiger partial charge in [0.2, 0.25) is 6.41 Å². The molecule has 2 nitrogen and oxygen atoms in total. The molecule has 0 aliphatic heterocycles. The molecule has 0 aliphatic rings. The van der Waals surface area contributed by atoms with Gasteiger partial charge in [0.1, 0.15) is 6.04 Å². The van der Waals surface area contributed by atoms with Gasteiger partial charge in [-0.25, -0.2) is 0 Å². The normalized spacial score (nSPS) is 15.5. The van der Waals surface area contributed by atoms with Gasteiger partial charge in [-0.05, 0) is 5.41 Å². The minimum absolute atomic E-state index is 0.0728. The summed E-state index contributed by atoms with van der Waals surface area (Å²) in [6.45, 7) is 4.25. The molecule has 0 rings (SSSR count). The van der Waals surface area contributed by atoms with Crippen LogP contribution in [-0.2, 0) is 4.79 Å². The molecule has 0 aliphatic carbocycles. The monoisotopic (exact) mass is 183 g/mol. The molecular formula is C7H12F3NO. The average molecular weight is 183 g/mol. The van der Waals surface area contributed by atoms with Crippen molar-refractivity contribution in [3.05, 3.63) is 0 Å². The summed E-state index contributed by atoms with van der Waals surface area (Å²) in [4.78, 5) is 9.90. The van der Waals surface area contributed by atoms with Crippen LogP contribution in [0.1, 0.15) is 20.8 Å². The zero-order valence-electron chi connectivity index (χ0n) is 7.20. The van der Waals surface area contributed by atoms with Gasteiger partial charge in [-0.15, -0.1) is 0 Å². The van der Waals surface area contributed by atoms with Crippen LogP contribution in [0.2, 0.25) is 0 Å². The minimum Gasteiger partial charge on any atom is -0.347 e. The molecule has 0 aromatic carbocycles. The second-order valence-corrected chi connectivity index (χ2v) is 3.63. The van der Waals surface area contributed by atoms with Gasteiger partial charge >= 0.3 is 6.18 Å². The number of hydrogen-bond acceptors (Lipinski definition) is 1. The Bertz CT molecular complexity index is 145. The number of carbonyl (C=O) groups excluding carboxylic acids is 1. The fourth-order valence-electron chi connectivity index (χ4n) is 0.904. The van der Waals surface area contributed by atoms with Crippen LogP contribution in [0, 0.1) is 5.41 Å². The van der Waals surface area contributed by atoms with Gasteiger partial charge in [-0.3, -0.25) is 4.79 Å². The van der Waals surface area contributed by atoms with E-state index in [2.05, 4.69) is 0 Å². The molecule has 72 valence electrons. The molecule has 0 radical (unpaired) electrons. The minimum atomic E-state index is -4.39. The number of nitrogens with one attached hydrogen (secondary N) is 1. The molecule has 5 heteroatoms. The average Bonchev–Trinajstić information content (AvgIpc) is 1.77. The van der Waals surface area contributed by atoms with Crippen molar-refractivity contribution < 1.29 is 18.0 Å². The number of carbonyl (C=O) groups is 1. The standard InChI is InChI=1S/C7H12F3NO/c1-6(2,3)5(11-4-12)7(8,9)10/h4-5H,1-3H3,(H,11,12)/t5-/m0/s1. The molecule has 1 amide bonds. The molecule has 1 atom stereocenters. The van der Waals surface area contributed by atoms with E-state index in [1.807, 2.05) is 0 Å². The number of alkyl halides is 3. The summed E-state index contributed by atoms with van der Waals surface area (Å²) in [6, 6.07) is -1.79. The molecule has 0 heterocycles. The second-order valence-electron chi connectivity index (χ2n) is 3.63. The van der Waals surface area contributed by atoms with Crippen LogP contribution in [-0.4, -0.2) is 18.6 Å². The lowest BCUT2D eigenvalue weighted by molar-refractivity contribution is -0.178. The van der Waals surface area contributed by atoms with Gasteiger partial charge in [0.15, 0.2) is 0 Å². The summed E-state index contributed by atoms with van der Waals surface area (Å²) < 4.78 is 36.5. The Morgan fingerprint density at radius 2 is 1.67 bits per heavy atom. The topological polar surface area (TPSA) is 29.1 Å². The van der Waals surface area contributed by atoms with E-state index < -0.39 is 17.6 Å². The maximum atomic E-state index is 12.2. The fraction of sp³-hybridized carbons (Fsp3) is 0.857. The predicted octanol–water partition coefficient (Wildman–Crippen LogP) is 1.71. The first-order chi connectivity index (χ1) is 5.19. The SMILES string of the molecule is CC(C)(C)[C@H](NC=O)C(F)(F)F. The first-order valence-corrected chi connectivity index (χ1v) is 3.46. The Hall–Kier alpha value is -0.740. The molecule has 0 aromatic rings. The Kier molecular flexibility index (Phi) is 3.12. The van der Waals surface area contributed by atoms with Crippen molar-refractivity contribution in [2.45, 2.75) is 33.0 Å². The Morgan fingerprint density at radius 3 is 1.75 bits per heavy atom. The third kappa shape index (κ3) is 3.11. The number of amides is 1. The third-order valence-electron chi connectivity index (χ3n) is 1.43. The summed E-state index contributed by atoms with van der Waals surface area (Å²) in [6.07, 6.45) is -4.32. The molecule has 0 aromatic heterocycles. The molecule has 1 N–H and O–H groups in total. The van der Waals surface area contributed by atoms with E-state index in [4.69, 9.17) is 0 Å². The summed E-state index contributed by atoms with van der Waals surface area (Å²) in [5.41, 5.74) is -1.01. The molecule has 0 fully saturated rings. The Morgan fingerprint density at radius 1 is 1.25 bits per heavy atom. The quantitative estimate of drug-likeness (QED) is 0.649. The van der Waals surface area contributed by atoms with E-state index in [0.29, 0.717) is 0 Å². The molecule has 0 spiro atoms. The molecule has 0 saturated carbocycles. The molecular weight excluding hydrogens is 171 g/mol. The predicted molar refractivity (Wildman–Crippen MR) is 38.5 cm³/mol. The van der Waals surface area contributed by atoms with Gasteiger partial charge in [0.25, 0.3) is 0 Å². The van der Waals surface area contributed by atoms with Gasteiger partial charge < -0.3 is 5.32 Å². The van der Waals surface area contributed by atoms with Gasteiger partial charge in [0.05, 0.1) is 0 Å². The second kappa shape index (κ2) is 3.33. The zero-order chi connectivity index (χ0) is 9.99. The van der Waals surface area contributed by atoms with E-state index in [1.165, 1.54) is 20.8 Å². The maximum absolute atomic E-state index is 12.2. The molecule has 0 saturated heterocycles.